The molecule has 0 fully saturated rings. The minimum absolute atomic E-state index is 0.199. The van der Waals surface area contributed by atoms with E-state index in [0.29, 0.717) is 32.8 Å². The topological polar surface area (TPSA) is 54.0 Å². The van der Waals surface area contributed by atoms with Gasteiger partial charge in [-0.1, -0.05) is 96.6 Å². The summed E-state index contributed by atoms with van der Waals surface area (Å²) < 4.78 is 23.4. The second-order valence-corrected chi connectivity index (χ2v) is 10.7. The zero-order chi connectivity index (χ0) is 30.0. The van der Waals surface area contributed by atoms with Crippen LogP contribution < -0.4 is 4.74 Å². The molecule has 5 nitrogen and oxygen atoms in total. The number of hydrogen-bond acceptors (Lipinski definition) is 5. The standard InChI is InChI=1S/C38H40O5/c1-4-40-36(38(39)41-5-2)26-29-12-18-33(19-13-29)42-21-22-43-37-34-20-14-30(24-28-9-7-6-8-10-28)25-32(34)17-16-31-15-11-27(3)23-35(31)37/h6-20,23,25,36-37H,4-5,21-22,24,26H2,1-3H3. The van der Waals surface area contributed by atoms with Crippen LogP contribution in [-0.4, -0.2) is 38.5 Å². The van der Waals surface area contributed by atoms with Crippen LogP contribution in [0.15, 0.2) is 91.0 Å². The first-order chi connectivity index (χ1) is 21.0. The summed E-state index contributed by atoms with van der Waals surface area (Å²) in [4.78, 5) is 12.2. The van der Waals surface area contributed by atoms with Crippen LogP contribution in [-0.2, 0) is 31.8 Å². The maximum absolute atomic E-state index is 12.2. The molecule has 5 rings (SSSR count). The number of esters is 1. The predicted octanol–water partition coefficient (Wildman–Crippen LogP) is 7.77. The molecule has 2 atom stereocenters. The number of benzene rings is 4. The molecule has 0 radical (unpaired) electrons. The van der Waals surface area contributed by atoms with Gasteiger partial charge >= 0.3 is 5.97 Å². The molecule has 4 aromatic rings. The summed E-state index contributed by atoms with van der Waals surface area (Å²) in [6, 6.07) is 31.6. The Bertz CT molecular complexity index is 1520. The van der Waals surface area contributed by atoms with Crippen LogP contribution in [0.3, 0.4) is 0 Å². The van der Waals surface area contributed by atoms with Crippen molar-refractivity contribution in [3.63, 3.8) is 0 Å². The minimum atomic E-state index is -0.608. The highest BCUT2D eigenvalue weighted by molar-refractivity contribution is 5.77. The quantitative estimate of drug-likeness (QED) is 0.120. The van der Waals surface area contributed by atoms with E-state index in [-0.39, 0.29) is 12.1 Å². The number of ether oxygens (including phenoxy) is 4. The fourth-order valence-electron chi connectivity index (χ4n) is 5.46. The largest absolute Gasteiger partial charge is 0.491 e. The van der Waals surface area contributed by atoms with Gasteiger partial charge in [0.05, 0.1) is 13.2 Å². The highest BCUT2D eigenvalue weighted by Gasteiger charge is 2.23. The number of fused-ring (bicyclic) bond motifs is 2. The smallest absolute Gasteiger partial charge is 0.335 e. The molecule has 0 spiro atoms. The third-order valence-electron chi connectivity index (χ3n) is 7.55. The van der Waals surface area contributed by atoms with E-state index in [2.05, 4.69) is 85.8 Å². The van der Waals surface area contributed by atoms with Crippen LogP contribution in [0.2, 0.25) is 0 Å². The van der Waals surface area contributed by atoms with Gasteiger partial charge in [0, 0.05) is 13.0 Å². The van der Waals surface area contributed by atoms with Crippen LogP contribution in [0.5, 0.6) is 5.75 Å². The number of aryl methyl sites for hydroxylation is 1. The lowest BCUT2D eigenvalue weighted by Crippen LogP contribution is -2.28. The van der Waals surface area contributed by atoms with Crippen LogP contribution in [0.25, 0.3) is 12.2 Å². The van der Waals surface area contributed by atoms with E-state index >= 15 is 0 Å². The van der Waals surface area contributed by atoms with Crippen LogP contribution in [0, 0.1) is 6.92 Å². The first-order valence-corrected chi connectivity index (χ1v) is 15.1. The molecule has 0 aliphatic heterocycles. The molecule has 222 valence electrons. The summed E-state index contributed by atoms with van der Waals surface area (Å²) in [7, 11) is 0. The molecular weight excluding hydrogens is 536 g/mol. The molecule has 2 unspecified atom stereocenters. The SMILES string of the molecule is CCOC(=O)C(Cc1ccc(OCCOC2c3ccc(Cc4ccccc4)cc3C=Cc3ccc(C)cc32)cc1)OCC. The third kappa shape index (κ3) is 8.01. The average molecular weight is 577 g/mol. The zero-order valence-corrected chi connectivity index (χ0v) is 25.3. The van der Waals surface area contributed by atoms with Crippen molar-refractivity contribution in [2.75, 3.05) is 26.4 Å². The summed E-state index contributed by atoms with van der Waals surface area (Å²) in [5.41, 5.74) is 9.43. The van der Waals surface area contributed by atoms with Crippen molar-refractivity contribution in [2.24, 2.45) is 0 Å². The Balaban J connectivity index is 1.24. The number of carbonyl (C=O) groups excluding carboxylic acids is 1. The normalized spacial score (nSPS) is 14.3. The number of rotatable bonds is 13. The highest BCUT2D eigenvalue weighted by atomic mass is 16.6. The van der Waals surface area contributed by atoms with Crippen molar-refractivity contribution in [2.45, 2.75) is 45.8 Å². The molecule has 5 heteroatoms. The average Bonchev–Trinajstić information content (AvgIpc) is 3.16. The lowest BCUT2D eigenvalue weighted by atomic mass is 9.93. The van der Waals surface area contributed by atoms with Crippen molar-refractivity contribution in [3.8, 4) is 5.75 Å². The molecule has 0 heterocycles. The minimum Gasteiger partial charge on any atom is -0.491 e. The number of hydrogen-bond donors (Lipinski definition) is 0. The van der Waals surface area contributed by atoms with Gasteiger partial charge < -0.3 is 18.9 Å². The Morgan fingerprint density at radius 3 is 2.28 bits per heavy atom. The molecule has 0 N–H and O–H groups in total. The molecule has 0 amide bonds. The lowest BCUT2D eigenvalue weighted by molar-refractivity contribution is -0.156. The lowest BCUT2D eigenvalue weighted by Gasteiger charge is -2.22. The second kappa shape index (κ2) is 14.8. The van der Waals surface area contributed by atoms with E-state index in [1.807, 2.05) is 31.2 Å². The van der Waals surface area contributed by atoms with E-state index in [4.69, 9.17) is 18.9 Å². The number of carbonyl (C=O) groups is 1. The molecule has 0 saturated heterocycles. The Labute approximate surface area is 255 Å². The molecule has 0 aromatic heterocycles. The van der Waals surface area contributed by atoms with Crippen molar-refractivity contribution >= 4 is 18.1 Å². The molecule has 1 aliphatic carbocycles. The first-order valence-electron chi connectivity index (χ1n) is 15.1. The van der Waals surface area contributed by atoms with Gasteiger partial charge in [-0.25, -0.2) is 4.79 Å². The first kappa shape index (κ1) is 30.3. The predicted molar refractivity (Wildman–Crippen MR) is 171 cm³/mol. The Morgan fingerprint density at radius 1 is 0.744 bits per heavy atom. The van der Waals surface area contributed by atoms with Gasteiger partial charge in [0.2, 0.25) is 0 Å². The molecule has 1 aliphatic rings. The van der Waals surface area contributed by atoms with Crippen LogP contribution in [0.1, 0.15) is 64.5 Å². The summed E-state index contributed by atoms with van der Waals surface area (Å²) in [6.45, 7) is 7.41. The summed E-state index contributed by atoms with van der Waals surface area (Å²) >= 11 is 0. The highest BCUT2D eigenvalue weighted by Crippen LogP contribution is 2.36. The van der Waals surface area contributed by atoms with Crippen molar-refractivity contribution in [1.29, 1.82) is 0 Å². The van der Waals surface area contributed by atoms with Crippen molar-refractivity contribution in [3.05, 3.63) is 136 Å². The Hall–Kier alpha value is -4.19. The molecule has 4 aromatic carbocycles. The summed E-state index contributed by atoms with van der Waals surface area (Å²) in [5.74, 6) is 0.419. The zero-order valence-electron chi connectivity index (χ0n) is 25.3. The van der Waals surface area contributed by atoms with E-state index in [1.54, 1.807) is 6.92 Å². The van der Waals surface area contributed by atoms with E-state index in [0.717, 1.165) is 23.3 Å². The Morgan fingerprint density at radius 2 is 1.51 bits per heavy atom. The molecule has 0 saturated carbocycles. The van der Waals surface area contributed by atoms with Crippen molar-refractivity contribution < 1.29 is 23.7 Å². The maximum Gasteiger partial charge on any atom is 0.335 e. The molecular formula is C38H40O5. The van der Waals surface area contributed by atoms with Gasteiger partial charge in [0.1, 0.15) is 18.5 Å². The fourth-order valence-corrected chi connectivity index (χ4v) is 5.46. The van der Waals surface area contributed by atoms with Crippen LogP contribution in [0.4, 0.5) is 0 Å². The van der Waals surface area contributed by atoms with Crippen LogP contribution >= 0.6 is 0 Å². The summed E-state index contributed by atoms with van der Waals surface area (Å²) in [6.07, 6.45) is 4.94. The van der Waals surface area contributed by atoms with Gasteiger partial charge in [0.25, 0.3) is 0 Å². The third-order valence-corrected chi connectivity index (χ3v) is 7.55. The van der Waals surface area contributed by atoms with Gasteiger partial charge in [0.15, 0.2) is 6.10 Å². The van der Waals surface area contributed by atoms with Gasteiger partial charge in [-0.2, -0.15) is 0 Å². The van der Waals surface area contributed by atoms with Gasteiger partial charge in [-0.05, 0) is 78.3 Å². The monoisotopic (exact) mass is 576 g/mol. The van der Waals surface area contributed by atoms with Crippen molar-refractivity contribution in [1.82, 2.24) is 0 Å². The van der Waals surface area contributed by atoms with E-state index in [1.165, 1.54) is 33.4 Å². The maximum atomic E-state index is 12.2. The van der Waals surface area contributed by atoms with E-state index in [9.17, 15) is 4.79 Å². The fraction of sp³-hybridized carbons (Fsp3) is 0.289. The summed E-state index contributed by atoms with van der Waals surface area (Å²) in [5, 5.41) is 0. The second-order valence-electron chi connectivity index (χ2n) is 10.7. The Kier molecular flexibility index (Phi) is 10.4. The van der Waals surface area contributed by atoms with Gasteiger partial charge in [-0.3, -0.25) is 0 Å². The van der Waals surface area contributed by atoms with E-state index < -0.39 is 6.10 Å². The molecule has 0 bridgehead atoms. The van der Waals surface area contributed by atoms with Gasteiger partial charge in [-0.15, -0.1) is 0 Å². The molecule has 43 heavy (non-hydrogen) atoms.